The van der Waals surface area contributed by atoms with Crippen molar-refractivity contribution in [1.29, 1.82) is 0 Å². The van der Waals surface area contributed by atoms with E-state index in [0.29, 0.717) is 32.0 Å². The molecular weight excluding hydrogens is 458 g/mol. The summed E-state index contributed by atoms with van der Waals surface area (Å²) in [6.45, 7) is 5.16. The van der Waals surface area contributed by atoms with Crippen molar-refractivity contribution in [3.8, 4) is 11.3 Å². The lowest BCUT2D eigenvalue weighted by molar-refractivity contribution is 0.183. The number of hydrogen-bond acceptors (Lipinski definition) is 9. The van der Waals surface area contributed by atoms with Crippen LogP contribution in [0.4, 0.5) is 11.8 Å². The number of aromatic nitrogens is 3. The molecule has 2 aliphatic heterocycles. The lowest BCUT2D eigenvalue weighted by Crippen LogP contribution is -2.47. The first-order valence-electron chi connectivity index (χ1n) is 11.3. The van der Waals surface area contributed by atoms with Gasteiger partial charge in [-0.05, 0) is 36.8 Å². The predicted octanol–water partition coefficient (Wildman–Crippen LogP) is 2.40. The third-order valence-electron chi connectivity index (χ3n) is 6.37. The second-order valence-corrected chi connectivity index (χ2v) is 11.6. The summed E-state index contributed by atoms with van der Waals surface area (Å²) in [6, 6.07) is 3.77. The fourth-order valence-electron chi connectivity index (χ4n) is 4.50. The van der Waals surface area contributed by atoms with Gasteiger partial charge in [0.05, 0.1) is 22.2 Å². The number of fused-ring (bicyclic) bond motifs is 1. The summed E-state index contributed by atoms with van der Waals surface area (Å²) >= 11 is 1.65. The Labute approximate surface area is 198 Å². The van der Waals surface area contributed by atoms with Gasteiger partial charge in [-0.1, -0.05) is 0 Å². The van der Waals surface area contributed by atoms with Crippen molar-refractivity contribution in [3.63, 3.8) is 0 Å². The van der Waals surface area contributed by atoms with E-state index in [2.05, 4.69) is 20.2 Å². The Morgan fingerprint density at radius 1 is 1.03 bits per heavy atom. The first-order chi connectivity index (χ1) is 15.9. The van der Waals surface area contributed by atoms with Crippen molar-refractivity contribution in [2.24, 2.45) is 0 Å². The predicted molar refractivity (Wildman–Crippen MR) is 133 cm³/mol. The van der Waals surface area contributed by atoms with Gasteiger partial charge in [0, 0.05) is 63.1 Å². The number of anilines is 2. The van der Waals surface area contributed by atoms with Crippen LogP contribution in [0.2, 0.25) is 0 Å². The van der Waals surface area contributed by atoms with Crippen LogP contribution in [0.3, 0.4) is 0 Å². The molecule has 0 atom stereocenters. The lowest BCUT2D eigenvalue weighted by Gasteiger charge is -2.33. The minimum Gasteiger partial charge on any atom is -0.384 e. The largest absolute Gasteiger partial charge is 0.384 e. The summed E-state index contributed by atoms with van der Waals surface area (Å²) < 4.78 is 26.3. The van der Waals surface area contributed by atoms with Gasteiger partial charge in [-0.25, -0.2) is 23.4 Å². The maximum Gasteiger partial charge on any atom is 0.226 e. The molecule has 5 rings (SSSR count). The van der Waals surface area contributed by atoms with E-state index in [9.17, 15) is 8.42 Å². The first kappa shape index (κ1) is 22.5. The quantitative estimate of drug-likeness (QED) is 0.584. The zero-order valence-corrected chi connectivity index (χ0v) is 20.4. The number of nitrogens with two attached hydrogens (primary N) is 1. The average Bonchev–Trinajstić information content (AvgIpc) is 3.22. The van der Waals surface area contributed by atoms with Crippen LogP contribution in [-0.2, 0) is 16.6 Å². The van der Waals surface area contributed by atoms with Gasteiger partial charge in [0.2, 0.25) is 16.0 Å². The Bertz CT molecular complexity index is 1230. The summed E-state index contributed by atoms with van der Waals surface area (Å²) in [7, 11) is -3.14. The maximum atomic E-state index is 11.8. The van der Waals surface area contributed by atoms with Gasteiger partial charge in [0.25, 0.3) is 0 Å². The van der Waals surface area contributed by atoms with E-state index < -0.39 is 10.0 Å². The highest BCUT2D eigenvalue weighted by molar-refractivity contribution is 7.88. The number of piperazine rings is 1. The Balaban J connectivity index is 1.48. The van der Waals surface area contributed by atoms with Crippen LogP contribution >= 0.6 is 11.3 Å². The van der Waals surface area contributed by atoms with Gasteiger partial charge < -0.3 is 10.6 Å². The molecule has 33 heavy (non-hydrogen) atoms. The minimum absolute atomic E-state index is 0.486. The number of pyridine rings is 1. The highest BCUT2D eigenvalue weighted by Gasteiger charge is 2.25. The molecule has 0 amide bonds. The summed E-state index contributed by atoms with van der Waals surface area (Å²) in [4.78, 5) is 18.9. The zero-order valence-electron chi connectivity index (χ0n) is 18.8. The van der Waals surface area contributed by atoms with Gasteiger partial charge in [-0.2, -0.15) is 4.31 Å². The van der Waals surface area contributed by atoms with Crippen LogP contribution in [0.15, 0.2) is 23.7 Å². The Morgan fingerprint density at radius 3 is 2.45 bits per heavy atom. The van der Waals surface area contributed by atoms with Crippen LogP contribution in [0.25, 0.3) is 21.5 Å². The van der Waals surface area contributed by atoms with E-state index in [1.54, 1.807) is 27.9 Å². The Hall–Kier alpha value is -2.34. The zero-order chi connectivity index (χ0) is 23.0. The van der Waals surface area contributed by atoms with Crippen molar-refractivity contribution >= 4 is 43.3 Å². The molecule has 2 saturated heterocycles. The molecule has 0 spiro atoms. The van der Waals surface area contributed by atoms with E-state index in [4.69, 9.17) is 15.7 Å². The molecule has 3 aromatic heterocycles. The SMILES string of the molecule is CS(=O)(=O)N1CCN(Cc2csc3c(-c4ccc(N)nc4)nc(N4CCCCC4)nc23)CC1. The number of nitrogens with zero attached hydrogens (tertiary/aromatic N) is 6. The van der Waals surface area contributed by atoms with E-state index in [0.717, 1.165) is 65.5 Å². The summed E-state index contributed by atoms with van der Waals surface area (Å²) in [5, 5.41) is 2.16. The highest BCUT2D eigenvalue weighted by atomic mass is 32.2. The van der Waals surface area contributed by atoms with Crippen LogP contribution in [-0.4, -0.2) is 78.1 Å². The van der Waals surface area contributed by atoms with Crippen LogP contribution in [0.5, 0.6) is 0 Å². The topological polar surface area (TPSA) is 109 Å². The van der Waals surface area contributed by atoms with E-state index in [1.807, 2.05) is 6.07 Å². The molecule has 9 nitrogen and oxygen atoms in total. The molecule has 0 aliphatic carbocycles. The molecule has 2 N–H and O–H groups in total. The fourth-order valence-corrected chi connectivity index (χ4v) is 6.34. The first-order valence-corrected chi connectivity index (χ1v) is 14.0. The average molecular weight is 488 g/mol. The third kappa shape index (κ3) is 4.81. The van der Waals surface area contributed by atoms with Gasteiger partial charge in [-0.3, -0.25) is 4.90 Å². The van der Waals surface area contributed by atoms with Crippen molar-refractivity contribution < 1.29 is 8.42 Å². The van der Waals surface area contributed by atoms with E-state index in [-0.39, 0.29) is 0 Å². The van der Waals surface area contributed by atoms with Gasteiger partial charge in [0.1, 0.15) is 5.82 Å². The number of thiophene rings is 1. The molecule has 5 heterocycles. The minimum atomic E-state index is -3.14. The number of nitrogen functional groups attached to an aromatic ring is 1. The van der Waals surface area contributed by atoms with Gasteiger partial charge >= 0.3 is 0 Å². The molecule has 3 aromatic rings. The monoisotopic (exact) mass is 487 g/mol. The normalized spacial score (nSPS) is 18.8. The second-order valence-electron chi connectivity index (χ2n) is 8.77. The molecular formula is C22H29N7O2S2. The van der Waals surface area contributed by atoms with Crippen LogP contribution < -0.4 is 10.6 Å². The lowest BCUT2D eigenvalue weighted by atomic mass is 10.1. The molecule has 0 aromatic carbocycles. The van der Waals surface area contributed by atoms with Crippen molar-refractivity contribution in [3.05, 3.63) is 29.3 Å². The summed E-state index contributed by atoms with van der Waals surface area (Å²) in [5.74, 6) is 1.26. The molecule has 0 saturated carbocycles. The van der Waals surface area contributed by atoms with Crippen molar-refractivity contribution in [2.75, 3.05) is 56.2 Å². The highest BCUT2D eigenvalue weighted by Crippen LogP contribution is 2.35. The third-order valence-corrected chi connectivity index (χ3v) is 8.70. The number of piperidine rings is 1. The molecule has 11 heteroatoms. The number of hydrogen-bond donors (Lipinski definition) is 1. The van der Waals surface area contributed by atoms with Gasteiger partial charge in [-0.15, -0.1) is 11.3 Å². The Morgan fingerprint density at radius 2 is 1.79 bits per heavy atom. The molecule has 0 radical (unpaired) electrons. The second kappa shape index (κ2) is 9.13. The maximum absolute atomic E-state index is 11.8. The molecule has 0 unspecified atom stereocenters. The summed E-state index contributed by atoms with van der Waals surface area (Å²) in [5.41, 5.74) is 9.78. The van der Waals surface area contributed by atoms with Crippen molar-refractivity contribution in [1.82, 2.24) is 24.2 Å². The summed E-state index contributed by atoms with van der Waals surface area (Å²) in [6.07, 6.45) is 6.61. The molecule has 0 bridgehead atoms. The smallest absolute Gasteiger partial charge is 0.226 e. The van der Waals surface area contributed by atoms with E-state index >= 15 is 0 Å². The fraction of sp³-hybridized carbons (Fsp3) is 0.500. The molecule has 2 aliphatic rings. The standard InChI is InChI=1S/C22H29N7O2S2/c1-33(30,31)29-11-9-27(10-12-29)14-17-15-32-21-19(16-5-6-18(23)24-13-16)25-22(26-20(17)21)28-7-3-2-4-8-28/h5-6,13,15H,2-4,7-12,14H2,1H3,(H2,23,24). The van der Waals surface area contributed by atoms with Crippen LogP contribution in [0, 0.1) is 0 Å². The number of sulfonamides is 1. The van der Waals surface area contributed by atoms with Gasteiger partial charge in [0.15, 0.2) is 0 Å². The molecule has 2 fully saturated rings. The Kier molecular flexibility index (Phi) is 6.21. The van der Waals surface area contributed by atoms with E-state index in [1.165, 1.54) is 12.7 Å². The van der Waals surface area contributed by atoms with Crippen LogP contribution in [0.1, 0.15) is 24.8 Å². The molecule has 176 valence electrons. The number of rotatable bonds is 5. The van der Waals surface area contributed by atoms with Crippen molar-refractivity contribution in [2.45, 2.75) is 25.8 Å².